The van der Waals surface area contributed by atoms with E-state index in [0.717, 1.165) is 25.7 Å². The van der Waals surface area contributed by atoms with Crippen molar-refractivity contribution in [3.05, 3.63) is 0 Å². The van der Waals surface area contributed by atoms with Gasteiger partial charge in [0.2, 0.25) is 5.91 Å². The Balaban J connectivity index is 2.31. The van der Waals surface area contributed by atoms with Crippen molar-refractivity contribution in [3.63, 3.8) is 0 Å². The van der Waals surface area contributed by atoms with Crippen LogP contribution in [0.25, 0.3) is 0 Å². The molecule has 1 atom stereocenters. The Kier molecular flexibility index (Phi) is 5.88. The van der Waals surface area contributed by atoms with Gasteiger partial charge >= 0.3 is 0 Å². The second-order valence-electron chi connectivity index (χ2n) is 4.70. The molecule has 3 N–H and O–H groups in total. The minimum atomic E-state index is -0.218. The van der Waals surface area contributed by atoms with Crippen LogP contribution < -0.4 is 11.1 Å². The van der Waals surface area contributed by atoms with Gasteiger partial charge in [0, 0.05) is 33.4 Å². The fourth-order valence-electron chi connectivity index (χ4n) is 2.10. The van der Waals surface area contributed by atoms with Crippen LogP contribution in [-0.2, 0) is 14.3 Å². The number of hydrogen-bond acceptors (Lipinski definition) is 4. The molecule has 0 aliphatic heterocycles. The Morgan fingerprint density at radius 3 is 2.59 bits per heavy atom. The molecule has 1 aliphatic carbocycles. The molecule has 1 fully saturated rings. The van der Waals surface area contributed by atoms with Crippen LogP contribution in [0.4, 0.5) is 0 Å². The molecule has 0 aromatic heterocycles. The summed E-state index contributed by atoms with van der Waals surface area (Å²) in [7, 11) is 3.32. The van der Waals surface area contributed by atoms with Crippen molar-refractivity contribution in [2.45, 2.75) is 43.7 Å². The van der Waals surface area contributed by atoms with Crippen molar-refractivity contribution in [1.82, 2.24) is 5.32 Å². The normalized spacial score (nSPS) is 19.5. The Morgan fingerprint density at radius 2 is 2.18 bits per heavy atom. The van der Waals surface area contributed by atoms with Gasteiger partial charge in [-0.1, -0.05) is 0 Å². The lowest BCUT2D eigenvalue weighted by atomic mass is 9.77. The third-order valence-corrected chi connectivity index (χ3v) is 3.50. The maximum Gasteiger partial charge on any atom is 0.223 e. The average Bonchev–Trinajstić information content (AvgIpc) is 2.29. The van der Waals surface area contributed by atoms with Crippen LogP contribution in [0.2, 0.25) is 0 Å². The first-order valence-electron chi connectivity index (χ1n) is 6.19. The summed E-state index contributed by atoms with van der Waals surface area (Å²) in [5.41, 5.74) is 5.39. The van der Waals surface area contributed by atoms with Crippen LogP contribution in [0.1, 0.15) is 32.1 Å². The van der Waals surface area contributed by atoms with Gasteiger partial charge in [0.15, 0.2) is 0 Å². The molecule has 5 heteroatoms. The molecule has 0 aromatic rings. The van der Waals surface area contributed by atoms with Gasteiger partial charge in [0.25, 0.3) is 0 Å². The third kappa shape index (κ3) is 4.26. The van der Waals surface area contributed by atoms with E-state index >= 15 is 0 Å². The van der Waals surface area contributed by atoms with Crippen molar-refractivity contribution >= 4 is 5.91 Å². The van der Waals surface area contributed by atoms with Gasteiger partial charge in [0.05, 0.1) is 12.0 Å². The van der Waals surface area contributed by atoms with Crippen LogP contribution in [-0.4, -0.2) is 44.9 Å². The maximum absolute atomic E-state index is 11.9. The van der Waals surface area contributed by atoms with Crippen molar-refractivity contribution in [2.75, 3.05) is 27.4 Å². The number of carbonyl (C=O) groups excluding carboxylic acids is 1. The third-order valence-electron chi connectivity index (χ3n) is 3.50. The predicted molar refractivity (Wildman–Crippen MR) is 65.7 cm³/mol. The van der Waals surface area contributed by atoms with Gasteiger partial charge in [0.1, 0.15) is 0 Å². The fourth-order valence-corrected chi connectivity index (χ4v) is 2.10. The second kappa shape index (κ2) is 6.93. The molecule has 100 valence electrons. The molecular weight excluding hydrogens is 220 g/mol. The first kappa shape index (κ1) is 14.4. The van der Waals surface area contributed by atoms with Crippen molar-refractivity contribution in [3.8, 4) is 0 Å². The van der Waals surface area contributed by atoms with Gasteiger partial charge < -0.3 is 20.5 Å². The highest BCUT2D eigenvalue weighted by molar-refractivity contribution is 5.77. The molecule has 0 heterocycles. The van der Waals surface area contributed by atoms with Crippen LogP contribution >= 0.6 is 0 Å². The van der Waals surface area contributed by atoms with Crippen LogP contribution in [0.15, 0.2) is 0 Å². The first-order chi connectivity index (χ1) is 8.15. The van der Waals surface area contributed by atoms with E-state index < -0.39 is 0 Å². The Hall–Kier alpha value is -0.650. The van der Waals surface area contributed by atoms with Crippen molar-refractivity contribution in [1.29, 1.82) is 0 Å². The summed E-state index contributed by atoms with van der Waals surface area (Å²) in [5.74, 6) is 0.0260. The zero-order valence-electron chi connectivity index (χ0n) is 10.8. The number of methoxy groups -OCH3 is 2. The van der Waals surface area contributed by atoms with E-state index in [1.807, 2.05) is 0 Å². The lowest BCUT2D eigenvalue weighted by Crippen LogP contribution is -2.47. The van der Waals surface area contributed by atoms with Gasteiger partial charge in [-0.2, -0.15) is 0 Å². The highest BCUT2D eigenvalue weighted by Gasteiger charge is 2.39. The van der Waals surface area contributed by atoms with E-state index in [4.69, 9.17) is 15.2 Å². The summed E-state index contributed by atoms with van der Waals surface area (Å²) in [6.07, 6.45) is 4.28. The van der Waals surface area contributed by atoms with E-state index in [-0.39, 0.29) is 17.6 Å². The average molecular weight is 244 g/mol. The van der Waals surface area contributed by atoms with E-state index in [0.29, 0.717) is 19.6 Å². The van der Waals surface area contributed by atoms with E-state index in [1.165, 1.54) is 0 Å². The minimum absolute atomic E-state index is 0.00330. The summed E-state index contributed by atoms with van der Waals surface area (Å²) >= 11 is 0. The Labute approximate surface area is 103 Å². The van der Waals surface area contributed by atoms with Crippen molar-refractivity contribution < 1.29 is 14.3 Å². The lowest BCUT2D eigenvalue weighted by molar-refractivity contribution is -0.134. The highest BCUT2D eigenvalue weighted by atomic mass is 16.5. The van der Waals surface area contributed by atoms with E-state index in [9.17, 15) is 4.79 Å². The molecule has 0 radical (unpaired) electrons. The number of hydrogen-bond donors (Lipinski definition) is 2. The van der Waals surface area contributed by atoms with E-state index in [1.54, 1.807) is 14.2 Å². The molecular formula is C12H24N2O3. The summed E-state index contributed by atoms with van der Waals surface area (Å²) in [4.78, 5) is 11.9. The molecule has 1 unspecified atom stereocenters. The highest BCUT2D eigenvalue weighted by Crippen LogP contribution is 2.37. The van der Waals surface area contributed by atoms with Crippen molar-refractivity contribution in [2.24, 2.45) is 5.73 Å². The fraction of sp³-hybridized carbons (Fsp3) is 0.917. The zero-order chi connectivity index (χ0) is 12.7. The topological polar surface area (TPSA) is 73.6 Å². The van der Waals surface area contributed by atoms with Crippen LogP contribution in [0.5, 0.6) is 0 Å². The number of ether oxygens (including phenoxy) is 2. The second-order valence-corrected chi connectivity index (χ2v) is 4.70. The summed E-state index contributed by atoms with van der Waals surface area (Å²) in [6.45, 7) is 1.05. The number of nitrogens with two attached hydrogens (primary N) is 1. The summed E-state index contributed by atoms with van der Waals surface area (Å²) < 4.78 is 10.4. The number of amides is 1. The molecule has 0 spiro atoms. The smallest absolute Gasteiger partial charge is 0.223 e. The molecule has 1 amide bonds. The van der Waals surface area contributed by atoms with Crippen LogP contribution in [0, 0.1) is 0 Å². The molecule has 0 saturated heterocycles. The van der Waals surface area contributed by atoms with Gasteiger partial charge in [-0.3, -0.25) is 4.79 Å². The molecule has 1 aliphatic rings. The van der Waals surface area contributed by atoms with E-state index in [2.05, 4.69) is 5.32 Å². The first-order valence-corrected chi connectivity index (χ1v) is 6.19. The standard InChI is InChI=1S/C12H24N2O3/c1-16-7-4-10(9-13)14-11(15)8-12(17-2)5-3-6-12/h10H,3-9,13H2,1-2H3,(H,14,15). The maximum atomic E-state index is 11.9. The molecule has 1 saturated carbocycles. The molecule has 17 heavy (non-hydrogen) atoms. The van der Waals surface area contributed by atoms with Crippen LogP contribution in [0.3, 0.4) is 0 Å². The molecule has 0 aromatic carbocycles. The molecule has 0 bridgehead atoms. The van der Waals surface area contributed by atoms with Gasteiger partial charge in [-0.05, 0) is 25.7 Å². The van der Waals surface area contributed by atoms with Gasteiger partial charge in [-0.25, -0.2) is 0 Å². The zero-order valence-corrected chi connectivity index (χ0v) is 10.8. The summed E-state index contributed by atoms with van der Waals surface area (Å²) in [5, 5.41) is 2.94. The molecule has 5 nitrogen and oxygen atoms in total. The quantitative estimate of drug-likeness (QED) is 0.649. The minimum Gasteiger partial charge on any atom is -0.385 e. The molecule has 1 rings (SSSR count). The Morgan fingerprint density at radius 1 is 1.47 bits per heavy atom. The lowest BCUT2D eigenvalue weighted by Gasteiger charge is -2.40. The van der Waals surface area contributed by atoms with Gasteiger partial charge in [-0.15, -0.1) is 0 Å². The predicted octanol–water partition coefficient (Wildman–Crippen LogP) is 0.426. The number of rotatable bonds is 8. The number of nitrogens with one attached hydrogen (secondary N) is 1. The number of carbonyl (C=O) groups is 1. The largest absolute Gasteiger partial charge is 0.385 e. The Bertz CT molecular complexity index is 236. The monoisotopic (exact) mass is 244 g/mol. The SMILES string of the molecule is COCCC(CN)NC(=O)CC1(OC)CCC1. The summed E-state index contributed by atoms with van der Waals surface area (Å²) in [6, 6.07) is -0.00330.